The van der Waals surface area contributed by atoms with Gasteiger partial charge in [-0.05, 0) is 45.1 Å². The van der Waals surface area contributed by atoms with Crippen molar-refractivity contribution < 1.29 is 4.74 Å². The molecule has 0 bridgehead atoms. The molecule has 0 aliphatic heterocycles. The lowest BCUT2D eigenvalue weighted by Crippen LogP contribution is -2.47. The normalized spacial score (nSPS) is 19.2. The van der Waals surface area contributed by atoms with E-state index >= 15 is 0 Å². The Balaban J connectivity index is 2.43. The molecule has 2 atom stereocenters. The minimum atomic E-state index is 0.657. The highest BCUT2D eigenvalue weighted by Crippen LogP contribution is 2.33. The molecular weight excluding hydrogens is 224 g/mol. The Kier molecular flexibility index (Phi) is 7.87. The van der Waals surface area contributed by atoms with E-state index in [9.17, 15) is 0 Å². The first kappa shape index (κ1) is 15.9. The standard InChI is InChI=1S/C15H32N2O/c1-5-9-16-15(14-7-8-14)12-17(10-11-18-4)13(3)6-2/h13-16H,5-12H2,1-4H3. The minimum Gasteiger partial charge on any atom is -0.383 e. The highest BCUT2D eigenvalue weighted by Gasteiger charge is 2.32. The second-order valence-corrected chi connectivity index (χ2v) is 5.64. The van der Waals surface area contributed by atoms with Crippen LogP contribution in [0.15, 0.2) is 0 Å². The maximum absolute atomic E-state index is 5.24. The molecule has 1 N–H and O–H groups in total. The second-order valence-electron chi connectivity index (χ2n) is 5.64. The van der Waals surface area contributed by atoms with Crippen molar-refractivity contribution in [1.29, 1.82) is 0 Å². The highest BCUT2D eigenvalue weighted by atomic mass is 16.5. The molecule has 0 aromatic carbocycles. The van der Waals surface area contributed by atoms with Gasteiger partial charge in [0.1, 0.15) is 0 Å². The fourth-order valence-corrected chi connectivity index (χ4v) is 2.42. The molecule has 3 heteroatoms. The van der Waals surface area contributed by atoms with Crippen molar-refractivity contribution in [3.63, 3.8) is 0 Å². The van der Waals surface area contributed by atoms with Crippen LogP contribution in [0.25, 0.3) is 0 Å². The Bertz CT molecular complexity index is 207. The molecule has 0 radical (unpaired) electrons. The van der Waals surface area contributed by atoms with Crippen LogP contribution in [0.3, 0.4) is 0 Å². The zero-order valence-electron chi connectivity index (χ0n) is 12.7. The molecule has 1 aliphatic rings. The van der Waals surface area contributed by atoms with Crippen LogP contribution in [0.1, 0.15) is 46.5 Å². The third kappa shape index (κ3) is 5.68. The van der Waals surface area contributed by atoms with Gasteiger partial charge >= 0.3 is 0 Å². The summed E-state index contributed by atoms with van der Waals surface area (Å²) in [5.74, 6) is 0.922. The van der Waals surface area contributed by atoms with E-state index in [4.69, 9.17) is 4.74 Å². The maximum Gasteiger partial charge on any atom is 0.0589 e. The summed E-state index contributed by atoms with van der Waals surface area (Å²) in [6, 6.07) is 1.35. The van der Waals surface area contributed by atoms with Gasteiger partial charge in [-0.3, -0.25) is 4.90 Å². The maximum atomic E-state index is 5.24. The van der Waals surface area contributed by atoms with Crippen LogP contribution in [-0.4, -0.2) is 50.3 Å². The lowest BCUT2D eigenvalue weighted by atomic mass is 10.1. The largest absolute Gasteiger partial charge is 0.383 e. The number of methoxy groups -OCH3 is 1. The van der Waals surface area contributed by atoms with E-state index in [1.807, 2.05) is 0 Å². The van der Waals surface area contributed by atoms with Crippen molar-refractivity contribution in [3.8, 4) is 0 Å². The average Bonchev–Trinajstić information content (AvgIpc) is 3.21. The van der Waals surface area contributed by atoms with Crippen molar-refractivity contribution in [3.05, 3.63) is 0 Å². The van der Waals surface area contributed by atoms with Crippen LogP contribution < -0.4 is 5.32 Å². The Morgan fingerprint density at radius 3 is 2.56 bits per heavy atom. The molecule has 1 aliphatic carbocycles. The van der Waals surface area contributed by atoms with Gasteiger partial charge in [0.05, 0.1) is 6.61 Å². The van der Waals surface area contributed by atoms with E-state index in [0.717, 1.165) is 25.6 Å². The van der Waals surface area contributed by atoms with Crippen LogP contribution >= 0.6 is 0 Å². The van der Waals surface area contributed by atoms with Crippen molar-refractivity contribution in [2.45, 2.75) is 58.5 Å². The molecule has 108 valence electrons. The number of ether oxygens (including phenoxy) is 1. The van der Waals surface area contributed by atoms with Gasteiger partial charge in [-0.25, -0.2) is 0 Å². The molecule has 1 saturated carbocycles. The van der Waals surface area contributed by atoms with E-state index < -0.39 is 0 Å². The monoisotopic (exact) mass is 256 g/mol. The molecule has 0 saturated heterocycles. The predicted molar refractivity (Wildman–Crippen MR) is 78.0 cm³/mol. The lowest BCUT2D eigenvalue weighted by Gasteiger charge is -2.32. The SMILES string of the molecule is CCCNC(CN(CCOC)C(C)CC)C1CC1. The quantitative estimate of drug-likeness (QED) is 0.615. The number of nitrogens with zero attached hydrogens (tertiary/aromatic N) is 1. The van der Waals surface area contributed by atoms with Crippen molar-refractivity contribution in [2.24, 2.45) is 5.92 Å². The summed E-state index contributed by atoms with van der Waals surface area (Å²) < 4.78 is 5.24. The second kappa shape index (κ2) is 8.89. The molecule has 2 unspecified atom stereocenters. The average molecular weight is 256 g/mol. The van der Waals surface area contributed by atoms with E-state index in [-0.39, 0.29) is 0 Å². The third-order valence-electron chi connectivity index (χ3n) is 4.08. The zero-order chi connectivity index (χ0) is 13.4. The van der Waals surface area contributed by atoms with Crippen LogP contribution in [0.4, 0.5) is 0 Å². The number of hydrogen-bond donors (Lipinski definition) is 1. The summed E-state index contributed by atoms with van der Waals surface area (Å²) in [5.41, 5.74) is 0. The fourth-order valence-electron chi connectivity index (χ4n) is 2.42. The molecule has 0 amide bonds. The summed E-state index contributed by atoms with van der Waals surface area (Å²) in [6.07, 6.45) is 5.28. The third-order valence-corrected chi connectivity index (χ3v) is 4.08. The fraction of sp³-hybridized carbons (Fsp3) is 1.00. The van der Waals surface area contributed by atoms with E-state index in [2.05, 4.69) is 31.0 Å². The smallest absolute Gasteiger partial charge is 0.0589 e. The van der Waals surface area contributed by atoms with Crippen molar-refractivity contribution >= 4 is 0 Å². The molecule has 0 spiro atoms. The molecular formula is C15H32N2O. The summed E-state index contributed by atoms with van der Waals surface area (Å²) in [7, 11) is 1.79. The first-order chi connectivity index (χ1) is 8.72. The van der Waals surface area contributed by atoms with Gasteiger partial charge in [-0.1, -0.05) is 13.8 Å². The van der Waals surface area contributed by atoms with Gasteiger partial charge in [0, 0.05) is 32.3 Å². The van der Waals surface area contributed by atoms with Crippen molar-refractivity contribution in [2.75, 3.05) is 33.4 Å². The van der Waals surface area contributed by atoms with Gasteiger partial charge in [-0.15, -0.1) is 0 Å². The minimum absolute atomic E-state index is 0.657. The first-order valence-corrected chi connectivity index (χ1v) is 7.69. The van der Waals surface area contributed by atoms with Gasteiger partial charge in [0.2, 0.25) is 0 Å². The van der Waals surface area contributed by atoms with E-state index in [1.165, 1.54) is 32.2 Å². The number of nitrogens with one attached hydrogen (secondary N) is 1. The predicted octanol–water partition coefficient (Wildman–Crippen LogP) is 2.51. The molecule has 18 heavy (non-hydrogen) atoms. The van der Waals surface area contributed by atoms with E-state index in [1.54, 1.807) is 7.11 Å². The Hall–Kier alpha value is -0.120. The van der Waals surface area contributed by atoms with Crippen molar-refractivity contribution in [1.82, 2.24) is 10.2 Å². The highest BCUT2D eigenvalue weighted by molar-refractivity contribution is 4.89. The van der Waals surface area contributed by atoms with Crippen LogP contribution in [0.5, 0.6) is 0 Å². The summed E-state index contributed by atoms with van der Waals surface area (Å²) in [4.78, 5) is 2.59. The summed E-state index contributed by atoms with van der Waals surface area (Å²) in [6.45, 7) is 11.1. The summed E-state index contributed by atoms with van der Waals surface area (Å²) >= 11 is 0. The van der Waals surface area contributed by atoms with Gasteiger partial charge in [0.15, 0.2) is 0 Å². The van der Waals surface area contributed by atoms with Gasteiger partial charge in [-0.2, -0.15) is 0 Å². The van der Waals surface area contributed by atoms with Crippen LogP contribution in [0.2, 0.25) is 0 Å². The molecule has 0 heterocycles. The molecule has 1 fully saturated rings. The number of rotatable bonds is 11. The van der Waals surface area contributed by atoms with Gasteiger partial charge < -0.3 is 10.1 Å². The summed E-state index contributed by atoms with van der Waals surface area (Å²) in [5, 5.41) is 3.73. The molecule has 1 rings (SSSR count). The van der Waals surface area contributed by atoms with Gasteiger partial charge in [0.25, 0.3) is 0 Å². The zero-order valence-corrected chi connectivity index (χ0v) is 12.7. The molecule has 3 nitrogen and oxygen atoms in total. The molecule has 0 aromatic rings. The Morgan fingerprint density at radius 2 is 2.06 bits per heavy atom. The van der Waals surface area contributed by atoms with Crippen LogP contribution in [0, 0.1) is 5.92 Å². The first-order valence-electron chi connectivity index (χ1n) is 7.69. The molecule has 0 aromatic heterocycles. The topological polar surface area (TPSA) is 24.5 Å². The lowest BCUT2D eigenvalue weighted by molar-refractivity contribution is 0.111. The van der Waals surface area contributed by atoms with Crippen LogP contribution in [-0.2, 0) is 4.74 Å². The Labute approximate surface area is 113 Å². The number of hydrogen-bond acceptors (Lipinski definition) is 3. The Morgan fingerprint density at radius 1 is 1.33 bits per heavy atom. The van der Waals surface area contributed by atoms with E-state index in [0.29, 0.717) is 12.1 Å².